The van der Waals surface area contributed by atoms with E-state index in [4.69, 9.17) is 0 Å². The highest BCUT2D eigenvalue weighted by Gasteiger charge is 2.36. The molecule has 2 nitrogen and oxygen atoms in total. The van der Waals surface area contributed by atoms with E-state index in [1.54, 1.807) is 0 Å². The van der Waals surface area contributed by atoms with Gasteiger partial charge in [0.1, 0.15) is 0 Å². The minimum Gasteiger partial charge on any atom is -0.317 e. The van der Waals surface area contributed by atoms with Crippen molar-refractivity contribution in [2.75, 3.05) is 0 Å². The minimum absolute atomic E-state index is 0.0593. The maximum absolute atomic E-state index is 12.5. The second-order valence-electron chi connectivity index (χ2n) is 2.91. The minimum atomic E-state index is -4.46. The van der Waals surface area contributed by atoms with Crippen molar-refractivity contribution in [2.24, 2.45) is 7.05 Å². The Morgan fingerprint density at radius 3 is 2.36 bits per heavy atom. The molecule has 0 aromatic carbocycles. The predicted octanol–water partition coefficient (Wildman–Crippen LogP) is 2.32. The summed E-state index contributed by atoms with van der Waals surface area (Å²) in [6, 6.07) is 0. The van der Waals surface area contributed by atoms with E-state index in [-0.39, 0.29) is 9.13 Å². The van der Waals surface area contributed by atoms with E-state index in [1.165, 1.54) is 42.8 Å². The first kappa shape index (κ1) is 11.5. The third kappa shape index (κ3) is 1.94. The van der Waals surface area contributed by atoms with E-state index in [1.807, 2.05) is 0 Å². The third-order valence-corrected chi connectivity index (χ3v) is 2.79. The summed E-state index contributed by atoms with van der Waals surface area (Å²) in [6.45, 7) is 1.34. The molecule has 0 bridgehead atoms. The summed E-state index contributed by atoms with van der Waals surface area (Å²) in [5.74, 6) is 0. The predicted molar refractivity (Wildman–Crippen MR) is 54.1 cm³/mol. The van der Waals surface area contributed by atoms with Gasteiger partial charge in [0.15, 0.2) is 0 Å². The summed E-state index contributed by atoms with van der Waals surface area (Å²) in [5, 5.41) is 0. The molecule has 0 amide bonds. The average molecular weight is 317 g/mol. The quantitative estimate of drug-likeness (QED) is 0.673. The van der Waals surface area contributed by atoms with Gasteiger partial charge in [-0.05, 0) is 35.1 Å². The van der Waals surface area contributed by atoms with Crippen LogP contribution in [0.5, 0.6) is 0 Å². The summed E-state index contributed by atoms with van der Waals surface area (Å²) < 4.78 is 38.3. The van der Waals surface area contributed by atoms with Crippen LogP contribution in [-0.4, -0.2) is 4.57 Å². The Kier molecular flexibility index (Phi) is 2.93. The lowest BCUT2D eigenvalue weighted by Gasteiger charge is -2.12. The van der Waals surface area contributed by atoms with Crippen LogP contribution in [0.2, 0.25) is 0 Å². The van der Waals surface area contributed by atoms with Gasteiger partial charge >= 0.3 is 6.18 Å². The lowest BCUT2D eigenvalue weighted by Crippen LogP contribution is -2.25. The van der Waals surface area contributed by atoms with Gasteiger partial charge in [-0.1, -0.05) is 0 Å². The van der Waals surface area contributed by atoms with Crippen molar-refractivity contribution in [1.82, 2.24) is 4.57 Å². The van der Waals surface area contributed by atoms with Crippen LogP contribution in [0.1, 0.15) is 11.1 Å². The SMILES string of the molecule is Cc1cn(C)c(=O)c(I)c1C(F)(F)F. The number of hydrogen-bond donors (Lipinski definition) is 0. The van der Waals surface area contributed by atoms with E-state index in [0.717, 1.165) is 4.57 Å². The van der Waals surface area contributed by atoms with Crippen molar-refractivity contribution < 1.29 is 13.2 Å². The molecule has 0 aliphatic carbocycles. The van der Waals surface area contributed by atoms with Crippen LogP contribution in [0.25, 0.3) is 0 Å². The Morgan fingerprint density at radius 1 is 1.43 bits per heavy atom. The van der Waals surface area contributed by atoms with Gasteiger partial charge in [0.05, 0.1) is 9.13 Å². The molecule has 0 fully saturated rings. The number of pyridine rings is 1. The molecule has 0 saturated heterocycles. The summed E-state index contributed by atoms with van der Waals surface area (Å²) in [6.07, 6.45) is -3.28. The second kappa shape index (κ2) is 3.56. The van der Waals surface area contributed by atoms with E-state index < -0.39 is 17.3 Å². The molecule has 0 aliphatic heterocycles. The topological polar surface area (TPSA) is 22.0 Å². The second-order valence-corrected chi connectivity index (χ2v) is 3.99. The summed E-state index contributed by atoms with van der Waals surface area (Å²) in [4.78, 5) is 11.2. The number of aryl methyl sites for hydroxylation is 2. The monoisotopic (exact) mass is 317 g/mol. The van der Waals surface area contributed by atoms with Crippen LogP contribution < -0.4 is 5.56 Å². The summed E-state index contributed by atoms with van der Waals surface area (Å²) >= 11 is 1.43. The number of hydrogen-bond acceptors (Lipinski definition) is 1. The third-order valence-electron chi connectivity index (χ3n) is 1.79. The first-order chi connectivity index (χ1) is 6.25. The Bertz CT molecular complexity index is 422. The van der Waals surface area contributed by atoms with Gasteiger partial charge in [-0.3, -0.25) is 4.79 Å². The van der Waals surface area contributed by atoms with E-state index in [2.05, 4.69) is 0 Å². The van der Waals surface area contributed by atoms with Gasteiger partial charge in [-0.2, -0.15) is 13.2 Å². The molecular weight excluding hydrogens is 310 g/mol. The Labute approximate surface area is 91.9 Å². The molecule has 1 rings (SSSR count). The van der Waals surface area contributed by atoms with Gasteiger partial charge in [-0.25, -0.2) is 0 Å². The lowest BCUT2D eigenvalue weighted by atomic mass is 10.1. The molecule has 0 atom stereocenters. The van der Waals surface area contributed by atoms with Crippen molar-refractivity contribution in [3.05, 3.63) is 31.2 Å². The number of rotatable bonds is 0. The van der Waals surface area contributed by atoms with Crippen molar-refractivity contribution in [1.29, 1.82) is 0 Å². The standard InChI is InChI=1S/C8H7F3INO/c1-4-3-13(2)7(14)6(12)5(4)8(9,10)11/h3H,1-2H3. The van der Waals surface area contributed by atoms with Crippen LogP contribution in [0, 0.1) is 10.5 Å². The number of alkyl halides is 3. The maximum Gasteiger partial charge on any atom is 0.417 e. The maximum atomic E-state index is 12.5. The zero-order valence-electron chi connectivity index (χ0n) is 7.44. The zero-order chi connectivity index (χ0) is 11.1. The Hall–Kier alpha value is -0.530. The van der Waals surface area contributed by atoms with Gasteiger partial charge in [0.25, 0.3) is 5.56 Å². The smallest absolute Gasteiger partial charge is 0.317 e. The van der Waals surface area contributed by atoms with Crippen molar-refractivity contribution in [2.45, 2.75) is 13.1 Å². The van der Waals surface area contributed by atoms with Crippen LogP contribution in [0.3, 0.4) is 0 Å². The molecule has 0 saturated carbocycles. The largest absolute Gasteiger partial charge is 0.417 e. The molecule has 0 spiro atoms. The summed E-state index contributed by atoms with van der Waals surface area (Å²) in [7, 11) is 1.43. The fourth-order valence-corrected chi connectivity index (χ4v) is 2.31. The Morgan fingerprint density at radius 2 is 1.93 bits per heavy atom. The van der Waals surface area contributed by atoms with Crippen molar-refractivity contribution in [3.8, 4) is 0 Å². The van der Waals surface area contributed by atoms with Crippen LogP contribution >= 0.6 is 22.6 Å². The van der Waals surface area contributed by atoms with Crippen molar-refractivity contribution >= 4 is 22.6 Å². The normalized spacial score (nSPS) is 11.9. The van der Waals surface area contributed by atoms with Crippen LogP contribution in [-0.2, 0) is 13.2 Å². The number of aromatic nitrogens is 1. The number of nitrogens with zero attached hydrogens (tertiary/aromatic N) is 1. The van der Waals surface area contributed by atoms with Crippen LogP contribution in [0.15, 0.2) is 11.0 Å². The molecule has 0 aliphatic rings. The van der Waals surface area contributed by atoms with E-state index in [9.17, 15) is 18.0 Å². The fraction of sp³-hybridized carbons (Fsp3) is 0.375. The fourth-order valence-electron chi connectivity index (χ4n) is 1.20. The molecule has 1 aromatic rings. The lowest BCUT2D eigenvalue weighted by molar-refractivity contribution is -0.138. The van der Waals surface area contributed by atoms with E-state index >= 15 is 0 Å². The highest BCUT2D eigenvalue weighted by Crippen LogP contribution is 2.33. The molecule has 0 N–H and O–H groups in total. The Balaban J connectivity index is 3.61. The van der Waals surface area contributed by atoms with Gasteiger partial charge < -0.3 is 4.57 Å². The molecule has 1 aromatic heterocycles. The molecule has 6 heteroatoms. The van der Waals surface area contributed by atoms with Gasteiger partial charge in [0.2, 0.25) is 0 Å². The molecule has 0 unspecified atom stereocenters. The first-order valence-electron chi connectivity index (χ1n) is 3.68. The molecule has 1 heterocycles. The molecular formula is C8H7F3INO. The van der Waals surface area contributed by atoms with Gasteiger partial charge in [-0.15, -0.1) is 0 Å². The van der Waals surface area contributed by atoms with E-state index in [0.29, 0.717) is 0 Å². The van der Waals surface area contributed by atoms with Crippen molar-refractivity contribution in [3.63, 3.8) is 0 Å². The molecule has 0 radical (unpaired) electrons. The zero-order valence-corrected chi connectivity index (χ0v) is 9.60. The average Bonchev–Trinajstić information content (AvgIpc) is 1.97. The summed E-state index contributed by atoms with van der Waals surface area (Å²) in [5.41, 5.74) is -1.39. The highest BCUT2D eigenvalue weighted by atomic mass is 127. The highest BCUT2D eigenvalue weighted by molar-refractivity contribution is 14.1. The molecule has 78 valence electrons. The van der Waals surface area contributed by atoms with Gasteiger partial charge in [0, 0.05) is 13.2 Å². The first-order valence-corrected chi connectivity index (χ1v) is 4.76. The van der Waals surface area contributed by atoms with Crippen LogP contribution in [0.4, 0.5) is 13.2 Å². The molecule has 14 heavy (non-hydrogen) atoms. The number of halogens is 4.